The van der Waals surface area contributed by atoms with E-state index in [1.807, 2.05) is 24.3 Å². The van der Waals surface area contributed by atoms with E-state index < -0.39 is 0 Å². The second kappa shape index (κ2) is 5.60. The molecule has 2 rings (SSSR count). The lowest BCUT2D eigenvalue weighted by Gasteiger charge is -2.10. The smallest absolute Gasteiger partial charge is 0.132 e. The second-order valence-electron chi connectivity index (χ2n) is 3.57. The summed E-state index contributed by atoms with van der Waals surface area (Å²) in [6.45, 7) is 0. The number of benzene rings is 1. The van der Waals surface area contributed by atoms with Crippen LogP contribution in [0.25, 0.3) is 0 Å². The fourth-order valence-electron chi connectivity index (χ4n) is 1.51. The fourth-order valence-corrected chi connectivity index (χ4v) is 1.67. The SMILES string of the molecule is COc1cc(Nc2cccc(Cl)n2)cc(OC)c1. The molecule has 1 aromatic carbocycles. The molecule has 4 nitrogen and oxygen atoms in total. The Labute approximate surface area is 111 Å². The fraction of sp³-hybridized carbons (Fsp3) is 0.154. The van der Waals surface area contributed by atoms with Crippen LogP contribution in [0.2, 0.25) is 5.15 Å². The first kappa shape index (κ1) is 12.5. The molecule has 0 aliphatic heterocycles. The number of hydrogen-bond donors (Lipinski definition) is 1. The van der Waals surface area contributed by atoms with Crippen molar-refractivity contribution >= 4 is 23.1 Å². The highest BCUT2D eigenvalue weighted by molar-refractivity contribution is 6.29. The van der Waals surface area contributed by atoms with Crippen LogP contribution in [0.1, 0.15) is 0 Å². The second-order valence-corrected chi connectivity index (χ2v) is 3.96. The Hall–Kier alpha value is -1.94. The number of methoxy groups -OCH3 is 2. The average molecular weight is 265 g/mol. The molecule has 0 amide bonds. The molecule has 94 valence electrons. The molecule has 0 radical (unpaired) electrons. The minimum Gasteiger partial charge on any atom is -0.497 e. The van der Waals surface area contributed by atoms with Crippen molar-refractivity contribution in [1.82, 2.24) is 4.98 Å². The van der Waals surface area contributed by atoms with Crippen molar-refractivity contribution in [2.45, 2.75) is 0 Å². The third kappa shape index (κ3) is 3.05. The Morgan fingerprint density at radius 2 is 1.72 bits per heavy atom. The van der Waals surface area contributed by atoms with Gasteiger partial charge < -0.3 is 14.8 Å². The van der Waals surface area contributed by atoms with Crippen molar-refractivity contribution in [3.05, 3.63) is 41.6 Å². The predicted octanol–water partition coefficient (Wildman–Crippen LogP) is 3.50. The molecule has 1 aromatic heterocycles. The Bertz CT molecular complexity index is 524. The normalized spacial score (nSPS) is 9.94. The molecule has 0 spiro atoms. The van der Waals surface area contributed by atoms with Crippen LogP contribution in [0, 0.1) is 0 Å². The van der Waals surface area contributed by atoms with Crippen molar-refractivity contribution in [2.24, 2.45) is 0 Å². The molecule has 0 saturated heterocycles. The molecule has 0 atom stereocenters. The molecular weight excluding hydrogens is 252 g/mol. The molecule has 0 aliphatic carbocycles. The lowest BCUT2D eigenvalue weighted by Crippen LogP contribution is -1.95. The van der Waals surface area contributed by atoms with Gasteiger partial charge in [-0.1, -0.05) is 17.7 Å². The topological polar surface area (TPSA) is 43.4 Å². The summed E-state index contributed by atoms with van der Waals surface area (Å²) in [7, 11) is 3.21. The number of aromatic nitrogens is 1. The molecule has 0 saturated carbocycles. The van der Waals surface area contributed by atoms with Gasteiger partial charge in [0.15, 0.2) is 0 Å². The highest BCUT2D eigenvalue weighted by Gasteiger charge is 2.03. The summed E-state index contributed by atoms with van der Waals surface area (Å²) < 4.78 is 10.4. The number of ether oxygens (including phenoxy) is 2. The van der Waals surface area contributed by atoms with Crippen LogP contribution in [0.15, 0.2) is 36.4 Å². The molecule has 1 N–H and O–H groups in total. The maximum Gasteiger partial charge on any atom is 0.132 e. The number of anilines is 2. The van der Waals surface area contributed by atoms with Gasteiger partial charge in [0.05, 0.1) is 14.2 Å². The number of rotatable bonds is 4. The van der Waals surface area contributed by atoms with Crippen LogP contribution in [-0.4, -0.2) is 19.2 Å². The molecule has 18 heavy (non-hydrogen) atoms. The summed E-state index contributed by atoms with van der Waals surface area (Å²) in [5.74, 6) is 2.08. The monoisotopic (exact) mass is 264 g/mol. The quantitative estimate of drug-likeness (QED) is 0.859. The van der Waals surface area contributed by atoms with Crippen molar-refractivity contribution in [1.29, 1.82) is 0 Å². The first-order valence-corrected chi connectivity index (χ1v) is 5.71. The number of halogens is 1. The first-order chi connectivity index (χ1) is 8.71. The van der Waals surface area contributed by atoms with E-state index in [9.17, 15) is 0 Å². The lowest BCUT2D eigenvalue weighted by molar-refractivity contribution is 0.395. The summed E-state index contributed by atoms with van der Waals surface area (Å²) >= 11 is 5.83. The maximum atomic E-state index is 5.83. The van der Waals surface area contributed by atoms with Gasteiger partial charge in [-0.05, 0) is 12.1 Å². The number of nitrogens with zero attached hydrogens (tertiary/aromatic N) is 1. The van der Waals surface area contributed by atoms with Crippen LogP contribution in [0.3, 0.4) is 0 Å². The van der Waals surface area contributed by atoms with Gasteiger partial charge in [-0.3, -0.25) is 0 Å². The van der Waals surface area contributed by atoms with Gasteiger partial charge >= 0.3 is 0 Å². The van der Waals surface area contributed by atoms with Crippen molar-refractivity contribution in [3.8, 4) is 11.5 Å². The van der Waals surface area contributed by atoms with Gasteiger partial charge in [-0.25, -0.2) is 4.98 Å². The standard InChI is InChI=1S/C13H13ClN2O2/c1-17-10-6-9(7-11(8-10)18-2)15-13-5-3-4-12(14)16-13/h3-8H,1-2H3,(H,15,16). The first-order valence-electron chi connectivity index (χ1n) is 5.34. The predicted molar refractivity (Wildman–Crippen MR) is 72.1 cm³/mol. The molecule has 0 aliphatic rings. The highest BCUT2D eigenvalue weighted by Crippen LogP contribution is 2.27. The Balaban J connectivity index is 2.28. The number of pyridine rings is 1. The minimum absolute atomic E-state index is 0.440. The summed E-state index contributed by atoms with van der Waals surface area (Å²) in [5.41, 5.74) is 0.820. The van der Waals surface area contributed by atoms with E-state index in [1.165, 1.54) is 0 Å². The third-order valence-corrected chi connectivity index (χ3v) is 2.55. The zero-order valence-corrected chi connectivity index (χ0v) is 10.9. The Kier molecular flexibility index (Phi) is 3.89. The molecule has 2 aromatic rings. The zero-order valence-electron chi connectivity index (χ0n) is 10.1. The van der Waals surface area contributed by atoms with Crippen molar-refractivity contribution < 1.29 is 9.47 Å². The molecule has 1 heterocycles. The average Bonchev–Trinajstić information content (AvgIpc) is 2.38. The van der Waals surface area contributed by atoms with Crippen LogP contribution in [-0.2, 0) is 0 Å². The molecule has 0 unspecified atom stereocenters. The van der Waals surface area contributed by atoms with Gasteiger partial charge in [-0.2, -0.15) is 0 Å². The Morgan fingerprint density at radius 1 is 1.06 bits per heavy atom. The van der Waals surface area contributed by atoms with Gasteiger partial charge in [-0.15, -0.1) is 0 Å². The third-order valence-electron chi connectivity index (χ3n) is 2.34. The van der Waals surface area contributed by atoms with Gasteiger partial charge in [0.1, 0.15) is 22.5 Å². The minimum atomic E-state index is 0.440. The highest BCUT2D eigenvalue weighted by atomic mass is 35.5. The molecule has 5 heteroatoms. The van der Waals surface area contributed by atoms with Gasteiger partial charge in [0.2, 0.25) is 0 Å². The summed E-state index contributed by atoms with van der Waals surface area (Å²) in [6.07, 6.45) is 0. The van der Waals surface area contributed by atoms with Crippen LogP contribution >= 0.6 is 11.6 Å². The van der Waals surface area contributed by atoms with E-state index >= 15 is 0 Å². The van der Waals surface area contributed by atoms with Crippen LogP contribution in [0.4, 0.5) is 11.5 Å². The lowest BCUT2D eigenvalue weighted by atomic mass is 10.2. The maximum absolute atomic E-state index is 5.83. The number of hydrogen-bond acceptors (Lipinski definition) is 4. The number of nitrogens with one attached hydrogen (secondary N) is 1. The van der Waals surface area contributed by atoms with Crippen molar-refractivity contribution in [2.75, 3.05) is 19.5 Å². The zero-order chi connectivity index (χ0) is 13.0. The summed E-state index contributed by atoms with van der Waals surface area (Å²) in [4.78, 5) is 4.15. The van der Waals surface area contributed by atoms with E-state index in [1.54, 1.807) is 26.4 Å². The molecule has 0 bridgehead atoms. The molecule has 0 fully saturated rings. The van der Waals surface area contributed by atoms with E-state index in [0.717, 1.165) is 5.69 Å². The van der Waals surface area contributed by atoms with Crippen LogP contribution in [0.5, 0.6) is 11.5 Å². The van der Waals surface area contributed by atoms with E-state index in [4.69, 9.17) is 21.1 Å². The summed E-state index contributed by atoms with van der Waals surface area (Å²) in [6, 6.07) is 10.9. The van der Waals surface area contributed by atoms with Gasteiger partial charge in [0.25, 0.3) is 0 Å². The Morgan fingerprint density at radius 3 is 2.28 bits per heavy atom. The molecular formula is C13H13ClN2O2. The van der Waals surface area contributed by atoms with Crippen molar-refractivity contribution in [3.63, 3.8) is 0 Å². The van der Waals surface area contributed by atoms with E-state index in [2.05, 4.69) is 10.3 Å². The van der Waals surface area contributed by atoms with E-state index in [-0.39, 0.29) is 0 Å². The van der Waals surface area contributed by atoms with Gasteiger partial charge in [0, 0.05) is 23.9 Å². The van der Waals surface area contributed by atoms with E-state index in [0.29, 0.717) is 22.5 Å². The van der Waals surface area contributed by atoms with Crippen LogP contribution < -0.4 is 14.8 Å². The summed E-state index contributed by atoms with van der Waals surface area (Å²) in [5, 5.41) is 3.58. The largest absolute Gasteiger partial charge is 0.497 e.